The van der Waals surface area contributed by atoms with Crippen LogP contribution in [-0.2, 0) is 22.6 Å². The first kappa shape index (κ1) is 33.8. The average molecular weight is 578 g/mol. The largest absolute Gasteiger partial charge is 0.491 e. The molecule has 0 aromatic heterocycles. The Bertz CT molecular complexity index is 1160. The lowest BCUT2D eigenvalue weighted by Crippen LogP contribution is -2.37. The van der Waals surface area contributed by atoms with Gasteiger partial charge in [0.2, 0.25) is 5.91 Å². The Labute approximate surface area is 243 Å². The van der Waals surface area contributed by atoms with E-state index in [-0.39, 0.29) is 36.6 Å². The molecule has 0 saturated carbocycles. The third-order valence-electron chi connectivity index (χ3n) is 5.45. The predicted octanol–water partition coefficient (Wildman–Crippen LogP) is 6.22. The van der Waals surface area contributed by atoms with Gasteiger partial charge in [-0.2, -0.15) is 0 Å². The van der Waals surface area contributed by atoms with Crippen LogP contribution in [0.3, 0.4) is 0 Å². The highest BCUT2D eigenvalue weighted by Gasteiger charge is 2.18. The van der Waals surface area contributed by atoms with Gasteiger partial charge in [-0.15, -0.1) is 24.8 Å². The molecule has 3 rings (SSSR count). The fourth-order valence-corrected chi connectivity index (χ4v) is 3.44. The van der Waals surface area contributed by atoms with E-state index < -0.39 is 12.0 Å². The summed E-state index contributed by atoms with van der Waals surface area (Å²) in [7, 11) is 0. The van der Waals surface area contributed by atoms with Gasteiger partial charge < -0.3 is 25.3 Å². The number of nitrogens with one attached hydrogen (secondary N) is 1. The normalized spacial score (nSPS) is 11.0. The number of nitrogens with two attached hydrogens (primary N) is 1. The van der Waals surface area contributed by atoms with Gasteiger partial charge in [0.15, 0.2) is 0 Å². The SMILES string of the molecule is CCCOC(=O)c1ccc(NC(=O)[C@H](N)Cc2ccc(OCc3ccccc3)cc2)c(OCC(C)C)c1.Cl.Cl. The molecule has 3 aromatic carbocycles. The van der Waals surface area contributed by atoms with Gasteiger partial charge in [-0.05, 0) is 60.2 Å². The van der Waals surface area contributed by atoms with Crippen molar-refractivity contribution >= 4 is 42.4 Å². The number of hydrogen-bond acceptors (Lipinski definition) is 6. The lowest BCUT2D eigenvalue weighted by Gasteiger charge is -2.17. The van der Waals surface area contributed by atoms with Gasteiger partial charge in [-0.3, -0.25) is 4.79 Å². The van der Waals surface area contributed by atoms with E-state index in [1.807, 2.05) is 75.4 Å². The lowest BCUT2D eigenvalue weighted by molar-refractivity contribution is -0.117. The summed E-state index contributed by atoms with van der Waals surface area (Å²) < 4.78 is 16.9. The van der Waals surface area contributed by atoms with Gasteiger partial charge in [-0.25, -0.2) is 4.79 Å². The van der Waals surface area contributed by atoms with Crippen LogP contribution in [0.15, 0.2) is 72.8 Å². The smallest absolute Gasteiger partial charge is 0.338 e. The summed E-state index contributed by atoms with van der Waals surface area (Å²) in [6.07, 6.45) is 1.09. The maximum absolute atomic E-state index is 12.9. The van der Waals surface area contributed by atoms with Crippen LogP contribution in [0.1, 0.15) is 48.7 Å². The monoisotopic (exact) mass is 576 g/mol. The summed E-state index contributed by atoms with van der Waals surface area (Å²) in [5, 5.41) is 2.85. The molecule has 9 heteroatoms. The first-order chi connectivity index (χ1) is 17.9. The number of rotatable bonds is 13. The molecule has 1 atom stereocenters. The van der Waals surface area contributed by atoms with Crippen LogP contribution >= 0.6 is 24.8 Å². The Hall–Kier alpha value is -3.26. The van der Waals surface area contributed by atoms with Crippen molar-refractivity contribution in [2.45, 2.75) is 46.3 Å². The molecule has 0 saturated heterocycles. The Morgan fingerprint density at radius 3 is 2.23 bits per heavy atom. The van der Waals surface area contributed by atoms with Gasteiger partial charge >= 0.3 is 5.97 Å². The zero-order chi connectivity index (χ0) is 26.6. The number of ether oxygens (including phenoxy) is 3. The van der Waals surface area contributed by atoms with E-state index in [0.29, 0.717) is 43.2 Å². The van der Waals surface area contributed by atoms with Crippen molar-refractivity contribution in [2.75, 3.05) is 18.5 Å². The number of benzene rings is 3. The van der Waals surface area contributed by atoms with Gasteiger partial charge in [0.05, 0.1) is 30.5 Å². The highest BCUT2D eigenvalue weighted by atomic mass is 35.5. The minimum atomic E-state index is -0.775. The van der Waals surface area contributed by atoms with Crippen LogP contribution in [0, 0.1) is 5.92 Å². The average Bonchev–Trinajstić information content (AvgIpc) is 2.91. The molecule has 0 aliphatic heterocycles. The van der Waals surface area contributed by atoms with Gasteiger partial charge in [0.1, 0.15) is 18.1 Å². The van der Waals surface area contributed by atoms with Crippen molar-refractivity contribution in [3.8, 4) is 11.5 Å². The molecule has 1 amide bonds. The summed E-state index contributed by atoms with van der Waals surface area (Å²) in [5.41, 5.74) is 9.05. The number of hydrogen-bond donors (Lipinski definition) is 2. The fourth-order valence-electron chi connectivity index (χ4n) is 3.44. The van der Waals surface area contributed by atoms with E-state index in [2.05, 4.69) is 5.32 Å². The number of amides is 1. The Morgan fingerprint density at radius 1 is 0.897 bits per heavy atom. The van der Waals surface area contributed by atoms with E-state index in [4.69, 9.17) is 19.9 Å². The fraction of sp³-hybridized carbons (Fsp3) is 0.333. The zero-order valence-corrected chi connectivity index (χ0v) is 24.2. The molecule has 3 N–H and O–H groups in total. The Morgan fingerprint density at radius 2 is 1.59 bits per heavy atom. The number of carbonyl (C=O) groups is 2. The standard InChI is InChI=1S/C30H36N2O5.2ClH/c1-4-16-35-30(34)24-12-15-27(28(18-24)37-19-21(2)3)32-29(33)26(31)17-22-10-13-25(14-11-22)36-20-23-8-6-5-7-9-23;;/h5-15,18,21,26H,4,16-17,19-20,31H2,1-3H3,(H,32,33);2*1H/t26-;;/m1../s1. The molecule has 0 aliphatic rings. The van der Waals surface area contributed by atoms with Crippen molar-refractivity contribution in [1.29, 1.82) is 0 Å². The molecular weight excluding hydrogens is 539 g/mol. The van der Waals surface area contributed by atoms with Gasteiger partial charge in [0, 0.05) is 0 Å². The van der Waals surface area contributed by atoms with Crippen molar-refractivity contribution < 1.29 is 23.8 Å². The van der Waals surface area contributed by atoms with Crippen LogP contribution in [0.4, 0.5) is 5.69 Å². The first-order valence-corrected chi connectivity index (χ1v) is 12.6. The second kappa shape index (κ2) is 17.4. The molecule has 0 unspecified atom stereocenters. The minimum Gasteiger partial charge on any atom is -0.491 e. The quantitative estimate of drug-likeness (QED) is 0.234. The Balaban J connectivity index is 0.00000380. The molecular formula is C30H38Cl2N2O5. The molecule has 39 heavy (non-hydrogen) atoms. The van der Waals surface area contributed by atoms with Crippen molar-refractivity contribution in [2.24, 2.45) is 11.7 Å². The lowest BCUT2D eigenvalue weighted by atomic mass is 10.1. The summed E-state index contributed by atoms with van der Waals surface area (Å²) in [6, 6.07) is 21.6. The van der Waals surface area contributed by atoms with E-state index in [9.17, 15) is 9.59 Å². The number of carbonyl (C=O) groups excluding carboxylic acids is 2. The molecule has 0 heterocycles. The highest BCUT2D eigenvalue weighted by Crippen LogP contribution is 2.27. The molecule has 212 valence electrons. The van der Waals surface area contributed by atoms with E-state index in [1.54, 1.807) is 18.2 Å². The topological polar surface area (TPSA) is 99.9 Å². The molecule has 0 fully saturated rings. The zero-order valence-electron chi connectivity index (χ0n) is 22.6. The van der Waals surface area contributed by atoms with Crippen molar-refractivity contribution in [3.05, 3.63) is 89.5 Å². The maximum Gasteiger partial charge on any atom is 0.338 e. The summed E-state index contributed by atoms with van der Waals surface area (Å²) >= 11 is 0. The third-order valence-corrected chi connectivity index (χ3v) is 5.45. The van der Waals surface area contributed by atoms with E-state index in [0.717, 1.165) is 23.3 Å². The number of anilines is 1. The van der Waals surface area contributed by atoms with E-state index >= 15 is 0 Å². The molecule has 0 radical (unpaired) electrons. The van der Waals surface area contributed by atoms with Crippen LogP contribution in [0.5, 0.6) is 11.5 Å². The summed E-state index contributed by atoms with van der Waals surface area (Å²) in [5.74, 6) is 0.638. The minimum absolute atomic E-state index is 0. The number of halogens is 2. The van der Waals surface area contributed by atoms with Gasteiger partial charge in [-0.1, -0.05) is 63.2 Å². The predicted molar refractivity (Wildman–Crippen MR) is 159 cm³/mol. The van der Waals surface area contributed by atoms with Crippen molar-refractivity contribution in [1.82, 2.24) is 0 Å². The van der Waals surface area contributed by atoms with Crippen molar-refractivity contribution in [3.63, 3.8) is 0 Å². The molecule has 3 aromatic rings. The van der Waals surface area contributed by atoms with Crippen LogP contribution < -0.4 is 20.5 Å². The number of esters is 1. The third kappa shape index (κ3) is 11.2. The maximum atomic E-state index is 12.9. The Kier molecular flexibility index (Phi) is 15.0. The highest BCUT2D eigenvalue weighted by molar-refractivity contribution is 5.97. The molecule has 0 bridgehead atoms. The molecule has 0 spiro atoms. The summed E-state index contributed by atoms with van der Waals surface area (Å²) in [4.78, 5) is 25.2. The van der Waals surface area contributed by atoms with E-state index in [1.165, 1.54) is 0 Å². The van der Waals surface area contributed by atoms with Crippen LogP contribution in [0.2, 0.25) is 0 Å². The second-order valence-electron chi connectivity index (χ2n) is 9.27. The van der Waals surface area contributed by atoms with Gasteiger partial charge in [0.25, 0.3) is 0 Å². The second-order valence-corrected chi connectivity index (χ2v) is 9.27. The van der Waals surface area contributed by atoms with Crippen LogP contribution in [0.25, 0.3) is 0 Å². The molecule has 7 nitrogen and oxygen atoms in total. The van der Waals surface area contributed by atoms with Crippen LogP contribution in [-0.4, -0.2) is 31.1 Å². The first-order valence-electron chi connectivity index (χ1n) is 12.6. The summed E-state index contributed by atoms with van der Waals surface area (Å²) in [6.45, 7) is 7.23. The molecule has 0 aliphatic carbocycles.